The van der Waals surface area contributed by atoms with Crippen LogP contribution in [0.25, 0.3) is 16.0 Å². The van der Waals surface area contributed by atoms with Gasteiger partial charge in [0.2, 0.25) is 0 Å². The highest BCUT2D eigenvalue weighted by Crippen LogP contribution is 2.28. The van der Waals surface area contributed by atoms with E-state index in [2.05, 4.69) is 37.3 Å². The van der Waals surface area contributed by atoms with E-state index < -0.39 is 5.97 Å². The number of hydrogen-bond acceptors (Lipinski definition) is 2. The summed E-state index contributed by atoms with van der Waals surface area (Å²) in [6.45, 7) is 2.20. The number of aryl methyl sites for hydroxylation is 1. The van der Waals surface area contributed by atoms with Crippen LogP contribution in [0.5, 0.6) is 0 Å². The Hall–Kier alpha value is -2.07. The molecule has 0 saturated carbocycles. The van der Waals surface area contributed by atoms with Gasteiger partial charge in [-0.25, -0.2) is 0 Å². The fourth-order valence-corrected chi connectivity index (χ4v) is 3.60. The minimum Gasteiger partial charge on any atom is -0.481 e. The van der Waals surface area contributed by atoms with Crippen LogP contribution in [0.2, 0.25) is 0 Å². The molecule has 114 valence electrons. The lowest BCUT2D eigenvalue weighted by atomic mass is 10.0. The number of carboxylic acids is 1. The van der Waals surface area contributed by atoms with Gasteiger partial charge in [-0.1, -0.05) is 37.6 Å². The Morgan fingerprint density at radius 3 is 2.91 bits per heavy atom. The van der Waals surface area contributed by atoms with Crippen LogP contribution in [-0.2, 0) is 17.6 Å². The van der Waals surface area contributed by atoms with Crippen LogP contribution in [0.4, 0.5) is 0 Å². The van der Waals surface area contributed by atoms with Gasteiger partial charge in [-0.15, -0.1) is 11.3 Å². The smallest absolute Gasteiger partial charge is 0.309 e. The van der Waals surface area contributed by atoms with Gasteiger partial charge in [-0.05, 0) is 30.0 Å². The molecular formula is C18H19NO2S. The van der Waals surface area contributed by atoms with Crippen LogP contribution >= 0.6 is 11.3 Å². The number of rotatable bonds is 6. The Morgan fingerprint density at radius 1 is 1.27 bits per heavy atom. The molecule has 0 fully saturated rings. The summed E-state index contributed by atoms with van der Waals surface area (Å²) in [4.78, 5) is 12.0. The summed E-state index contributed by atoms with van der Waals surface area (Å²) in [6.07, 6.45) is 5.62. The largest absolute Gasteiger partial charge is 0.481 e. The molecule has 0 atom stereocenters. The summed E-state index contributed by atoms with van der Waals surface area (Å²) < 4.78 is 1.99. The highest BCUT2D eigenvalue weighted by molar-refractivity contribution is 7.15. The molecule has 0 amide bonds. The highest BCUT2D eigenvalue weighted by Gasteiger charge is 2.10. The van der Waals surface area contributed by atoms with E-state index in [-0.39, 0.29) is 6.42 Å². The average Bonchev–Trinajstić information content (AvgIpc) is 3.07. The standard InChI is InChI=1S/C18H19NO2S/c1-2-3-5-13-6-4-7-14(8-13)15-9-17-19(11-15)16(12-22-17)10-18(20)21/h4,6-9,11-12H,2-3,5,10H2,1H3,(H,20,21). The maximum Gasteiger partial charge on any atom is 0.309 e. The first-order valence-electron chi connectivity index (χ1n) is 7.57. The Labute approximate surface area is 133 Å². The molecule has 0 radical (unpaired) electrons. The van der Waals surface area contributed by atoms with Crippen LogP contribution in [0.3, 0.4) is 0 Å². The predicted molar refractivity (Wildman–Crippen MR) is 90.7 cm³/mol. The topological polar surface area (TPSA) is 41.7 Å². The van der Waals surface area contributed by atoms with Gasteiger partial charge in [0.25, 0.3) is 0 Å². The van der Waals surface area contributed by atoms with Crippen molar-refractivity contribution >= 4 is 22.1 Å². The third-order valence-electron chi connectivity index (χ3n) is 3.82. The molecule has 0 bridgehead atoms. The van der Waals surface area contributed by atoms with E-state index in [4.69, 9.17) is 5.11 Å². The first-order chi connectivity index (χ1) is 10.7. The molecule has 0 unspecified atom stereocenters. The molecule has 0 aliphatic heterocycles. The van der Waals surface area contributed by atoms with Gasteiger partial charge < -0.3 is 9.51 Å². The van der Waals surface area contributed by atoms with Gasteiger partial charge in [-0.3, -0.25) is 4.79 Å². The van der Waals surface area contributed by atoms with Crippen LogP contribution in [-0.4, -0.2) is 15.5 Å². The van der Waals surface area contributed by atoms with Crippen molar-refractivity contribution in [2.24, 2.45) is 0 Å². The molecule has 4 heteroatoms. The number of aliphatic carboxylic acids is 1. The monoisotopic (exact) mass is 313 g/mol. The SMILES string of the molecule is CCCCc1cccc(-c2cc3scc(CC(=O)O)n3c2)c1. The van der Waals surface area contributed by atoms with Gasteiger partial charge in [0.05, 0.1) is 11.3 Å². The van der Waals surface area contributed by atoms with E-state index in [1.165, 1.54) is 24.0 Å². The van der Waals surface area contributed by atoms with Gasteiger partial charge in [0, 0.05) is 22.8 Å². The number of benzene rings is 1. The Bertz CT molecular complexity index is 800. The number of thiazole rings is 1. The average molecular weight is 313 g/mol. The summed E-state index contributed by atoms with van der Waals surface area (Å²) in [7, 11) is 0. The van der Waals surface area contributed by atoms with Gasteiger partial charge >= 0.3 is 5.97 Å². The Kier molecular flexibility index (Phi) is 4.29. The van der Waals surface area contributed by atoms with Gasteiger partial charge in [-0.2, -0.15) is 0 Å². The molecule has 1 aromatic carbocycles. The molecular weight excluding hydrogens is 294 g/mol. The van der Waals surface area contributed by atoms with Crippen molar-refractivity contribution in [3.05, 3.63) is 53.2 Å². The fraction of sp³-hybridized carbons (Fsp3) is 0.278. The number of carbonyl (C=O) groups is 1. The Morgan fingerprint density at radius 2 is 2.14 bits per heavy atom. The van der Waals surface area contributed by atoms with Crippen LogP contribution in [0.15, 0.2) is 41.9 Å². The van der Waals surface area contributed by atoms with Crippen molar-refractivity contribution in [1.82, 2.24) is 4.40 Å². The number of unbranched alkanes of at least 4 members (excludes halogenated alkanes) is 1. The van der Waals surface area contributed by atoms with Gasteiger partial charge in [0.1, 0.15) is 0 Å². The molecule has 0 aliphatic carbocycles. The lowest BCUT2D eigenvalue weighted by molar-refractivity contribution is -0.136. The molecule has 2 aromatic heterocycles. The number of nitrogens with zero attached hydrogens (tertiary/aromatic N) is 1. The lowest BCUT2D eigenvalue weighted by Crippen LogP contribution is -2.01. The summed E-state index contributed by atoms with van der Waals surface area (Å²) in [5.74, 6) is -0.795. The molecule has 0 spiro atoms. The summed E-state index contributed by atoms with van der Waals surface area (Å²) in [5, 5.41) is 10.9. The first kappa shape index (κ1) is 14.9. The van der Waals surface area contributed by atoms with Crippen molar-refractivity contribution in [2.45, 2.75) is 32.6 Å². The third kappa shape index (κ3) is 3.07. The molecule has 3 nitrogen and oxygen atoms in total. The maximum absolute atomic E-state index is 10.9. The molecule has 0 saturated heterocycles. The molecule has 1 N–H and O–H groups in total. The van der Waals surface area contributed by atoms with Crippen LogP contribution in [0, 0.1) is 0 Å². The second kappa shape index (κ2) is 6.36. The molecule has 22 heavy (non-hydrogen) atoms. The second-order valence-electron chi connectivity index (χ2n) is 5.54. The van der Waals surface area contributed by atoms with Crippen LogP contribution in [0.1, 0.15) is 31.0 Å². The van der Waals surface area contributed by atoms with Crippen molar-refractivity contribution in [3.63, 3.8) is 0 Å². The van der Waals surface area contributed by atoms with E-state index in [0.29, 0.717) is 0 Å². The number of fused-ring (bicyclic) bond motifs is 1. The molecule has 3 aromatic rings. The van der Waals surface area contributed by atoms with Crippen LogP contribution < -0.4 is 0 Å². The van der Waals surface area contributed by atoms with Crippen molar-refractivity contribution in [3.8, 4) is 11.1 Å². The zero-order valence-corrected chi connectivity index (χ0v) is 13.4. The zero-order valence-electron chi connectivity index (χ0n) is 12.6. The predicted octanol–water partition coefficient (Wildman–Crippen LogP) is 4.64. The van der Waals surface area contributed by atoms with E-state index >= 15 is 0 Å². The van der Waals surface area contributed by atoms with Gasteiger partial charge in [0.15, 0.2) is 0 Å². The fourth-order valence-electron chi connectivity index (χ4n) is 2.67. The number of carboxylic acid groups (broad SMARTS) is 1. The molecule has 0 aliphatic rings. The van der Waals surface area contributed by atoms with Crippen molar-refractivity contribution in [2.75, 3.05) is 0 Å². The third-order valence-corrected chi connectivity index (χ3v) is 4.77. The molecule has 2 heterocycles. The quantitative estimate of drug-likeness (QED) is 0.720. The van der Waals surface area contributed by atoms with E-state index in [1.54, 1.807) is 11.3 Å². The minimum absolute atomic E-state index is 0.0602. The van der Waals surface area contributed by atoms with E-state index in [0.717, 1.165) is 22.5 Å². The summed E-state index contributed by atoms with van der Waals surface area (Å²) in [6, 6.07) is 10.8. The second-order valence-corrected chi connectivity index (χ2v) is 6.43. The lowest BCUT2D eigenvalue weighted by Gasteiger charge is -2.03. The normalized spacial score (nSPS) is 11.1. The van der Waals surface area contributed by atoms with E-state index in [1.807, 2.05) is 16.0 Å². The number of aromatic nitrogens is 1. The molecule has 3 rings (SSSR count). The highest BCUT2D eigenvalue weighted by atomic mass is 32.1. The zero-order chi connectivity index (χ0) is 15.5. The van der Waals surface area contributed by atoms with E-state index in [9.17, 15) is 4.79 Å². The first-order valence-corrected chi connectivity index (χ1v) is 8.45. The maximum atomic E-state index is 10.9. The Balaban J connectivity index is 1.93. The van der Waals surface area contributed by atoms with Crippen molar-refractivity contribution < 1.29 is 9.90 Å². The minimum atomic E-state index is -0.795. The summed E-state index contributed by atoms with van der Waals surface area (Å²) >= 11 is 1.59. The van der Waals surface area contributed by atoms with Crippen molar-refractivity contribution in [1.29, 1.82) is 0 Å². The number of hydrogen-bond donors (Lipinski definition) is 1. The summed E-state index contributed by atoms with van der Waals surface area (Å²) in [5.41, 5.74) is 4.54.